The second-order valence-corrected chi connectivity index (χ2v) is 15.0. The van der Waals surface area contributed by atoms with Crippen molar-refractivity contribution in [3.63, 3.8) is 0 Å². The van der Waals surface area contributed by atoms with Crippen LogP contribution in [0, 0.1) is 6.57 Å². The van der Waals surface area contributed by atoms with Crippen LogP contribution in [0.5, 0.6) is 0 Å². The van der Waals surface area contributed by atoms with E-state index in [1.807, 2.05) is 84.9 Å². The van der Waals surface area contributed by atoms with Gasteiger partial charge in [-0.1, -0.05) is 133 Å². The van der Waals surface area contributed by atoms with Crippen molar-refractivity contribution in [1.29, 1.82) is 0 Å². The zero-order valence-corrected chi connectivity index (χ0v) is 31.9. The minimum Gasteiger partial charge on any atom is -0.456 e. The fourth-order valence-corrected chi connectivity index (χ4v) is 8.62. The van der Waals surface area contributed by atoms with Crippen LogP contribution in [-0.2, 0) is 0 Å². The average Bonchev–Trinajstić information content (AvgIpc) is 3.90. The highest BCUT2D eigenvalue weighted by atomic mass is 16.3. The third-order valence-corrected chi connectivity index (χ3v) is 11.5. The maximum atomic E-state index is 7.56. The molecule has 0 atom stereocenters. The summed E-state index contributed by atoms with van der Waals surface area (Å²) in [4.78, 5) is 18.8. The maximum absolute atomic E-state index is 7.56. The molecule has 12 rings (SSSR count). The first-order valence-electron chi connectivity index (χ1n) is 19.8. The highest BCUT2D eigenvalue weighted by Crippen LogP contribution is 2.44. The summed E-state index contributed by atoms with van der Waals surface area (Å²) in [6, 6.07) is 61.9. The Bertz CT molecular complexity index is 3740. The molecule has 9 aromatic carbocycles. The molecule has 0 fully saturated rings. The van der Waals surface area contributed by atoms with E-state index >= 15 is 0 Å². The fraction of sp³-hybridized carbons (Fsp3) is 0. The molecule has 3 aromatic heterocycles. The summed E-state index contributed by atoms with van der Waals surface area (Å²) in [5.41, 5.74) is 10.7. The molecule has 0 saturated heterocycles. The van der Waals surface area contributed by atoms with E-state index in [9.17, 15) is 0 Å². The van der Waals surface area contributed by atoms with E-state index in [2.05, 4.69) is 102 Å². The SMILES string of the molecule is [C-]#[N+]c1cccc(-c2ccc3c4ccc(-c5cccc(-c6nc(-c7ccccc7)nc(-c7ccc8c(c7)oc7ccccc78)n6)c5)cc4c4oc5ccccc5c4c3c2)c1. The quantitative estimate of drug-likeness (QED) is 0.129. The van der Waals surface area contributed by atoms with E-state index in [-0.39, 0.29) is 0 Å². The van der Waals surface area contributed by atoms with Gasteiger partial charge in [0.15, 0.2) is 23.2 Å². The van der Waals surface area contributed by atoms with Crippen LogP contribution in [-0.4, -0.2) is 15.0 Å². The van der Waals surface area contributed by atoms with Crippen LogP contribution in [0.1, 0.15) is 0 Å². The molecule has 0 aliphatic rings. The van der Waals surface area contributed by atoms with Crippen molar-refractivity contribution in [3.05, 3.63) is 193 Å². The molecule has 0 radical (unpaired) electrons. The van der Waals surface area contributed by atoms with Crippen molar-refractivity contribution in [2.45, 2.75) is 0 Å². The van der Waals surface area contributed by atoms with Crippen LogP contribution < -0.4 is 0 Å². The van der Waals surface area contributed by atoms with Gasteiger partial charge in [-0.2, -0.15) is 0 Å². The van der Waals surface area contributed by atoms with Crippen molar-refractivity contribution in [1.82, 2.24) is 15.0 Å². The number of rotatable bonds is 5. The summed E-state index contributed by atoms with van der Waals surface area (Å²) in [5, 5.41) is 8.67. The van der Waals surface area contributed by atoms with E-state index in [1.54, 1.807) is 0 Å². The predicted octanol–water partition coefficient (Wildman–Crippen LogP) is 14.9. The molecule has 12 aromatic rings. The van der Waals surface area contributed by atoms with Gasteiger partial charge in [-0.05, 0) is 86.9 Å². The van der Waals surface area contributed by atoms with Crippen molar-refractivity contribution in [2.75, 3.05) is 0 Å². The summed E-state index contributed by atoms with van der Waals surface area (Å²) in [6.45, 7) is 7.56. The lowest BCUT2D eigenvalue weighted by Gasteiger charge is -2.12. The minimum atomic E-state index is 0.568. The molecule has 6 nitrogen and oxygen atoms in total. The van der Waals surface area contributed by atoms with Gasteiger partial charge in [0.05, 0.1) is 6.57 Å². The van der Waals surface area contributed by atoms with Crippen molar-refractivity contribution >= 4 is 71.1 Å². The van der Waals surface area contributed by atoms with Gasteiger partial charge in [0.25, 0.3) is 0 Å². The molecule has 0 saturated carbocycles. The molecule has 278 valence electrons. The summed E-state index contributed by atoms with van der Waals surface area (Å²) in [6.07, 6.45) is 0. The lowest BCUT2D eigenvalue weighted by molar-refractivity contribution is 0.669. The standard InChI is InChI=1S/C54H30N4O2/c1-55-39-16-10-14-34(28-39)35-21-24-40-41-25-22-36(30-46(41)51-50(45(40)29-35)44-18-6-8-20-48(44)60-51)33-13-9-15-37(27-33)53-56-52(32-11-3-2-4-12-32)57-54(58-53)38-23-26-43-42-17-5-7-19-47(42)59-49(43)31-38/h2-31H. The van der Waals surface area contributed by atoms with Gasteiger partial charge in [0.2, 0.25) is 0 Å². The van der Waals surface area contributed by atoms with E-state index in [1.165, 1.54) is 0 Å². The van der Waals surface area contributed by atoms with Gasteiger partial charge in [0, 0.05) is 43.6 Å². The lowest BCUT2D eigenvalue weighted by atomic mass is 9.92. The molecule has 0 spiro atoms. The Kier molecular flexibility index (Phi) is 7.50. The number of para-hydroxylation sites is 2. The number of hydrogen-bond donors (Lipinski definition) is 0. The second-order valence-electron chi connectivity index (χ2n) is 15.0. The molecule has 60 heavy (non-hydrogen) atoms. The maximum Gasteiger partial charge on any atom is 0.187 e. The third kappa shape index (κ3) is 5.45. The first kappa shape index (κ1) is 33.7. The third-order valence-electron chi connectivity index (χ3n) is 11.5. The largest absolute Gasteiger partial charge is 0.456 e. The van der Waals surface area contributed by atoms with Gasteiger partial charge in [0.1, 0.15) is 22.3 Å². The van der Waals surface area contributed by atoms with Gasteiger partial charge < -0.3 is 8.83 Å². The van der Waals surface area contributed by atoms with Crippen LogP contribution in [0.25, 0.3) is 127 Å². The Balaban J connectivity index is 1.01. The Labute approximate surface area is 343 Å². The Morgan fingerprint density at radius 1 is 0.333 bits per heavy atom. The Morgan fingerprint density at radius 3 is 1.62 bits per heavy atom. The smallest absolute Gasteiger partial charge is 0.187 e. The number of hydrogen-bond acceptors (Lipinski definition) is 5. The second kappa shape index (κ2) is 13.3. The van der Waals surface area contributed by atoms with E-state index in [0.717, 1.165) is 104 Å². The molecule has 6 heteroatoms. The number of benzene rings is 9. The fourth-order valence-electron chi connectivity index (χ4n) is 8.62. The van der Waals surface area contributed by atoms with Gasteiger partial charge in [-0.15, -0.1) is 0 Å². The number of aromatic nitrogens is 3. The molecular formula is C54H30N4O2. The average molecular weight is 767 g/mol. The van der Waals surface area contributed by atoms with Gasteiger partial charge in [-0.3, -0.25) is 0 Å². The van der Waals surface area contributed by atoms with Crippen LogP contribution >= 0.6 is 0 Å². The van der Waals surface area contributed by atoms with Gasteiger partial charge >= 0.3 is 0 Å². The van der Waals surface area contributed by atoms with Gasteiger partial charge in [-0.25, -0.2) is 19.8 Å². The highest BCUT2D eigenvalue weighted by molar-refractivity contribution is 6.31. The van der Waals surface area contributed by atoms with Crippen molar-refractivity contribution in [2.24, 2.45) is 0 Å². The summed E-state index contributed by atoms with van der Waals surface area (Å²) >= 11 is 0. The van der Waals surface area contributed by atoms with Crippen molar-refractivity contribution in [3.8, 4) is 56.4 Å². The Hall–Kier alpha value is -8.40. The first-order chi connectivity index (χ1) is 29.6. The zero-order chi connectivity index (χ0) is 39.7. The predicted molar refractivity (Wildman–Crippen MR) is 243 cm³/mol. The Morgan fingerprint density at radius 2 is 0.850 bits per heavy atom. The monoisotopic (exact) mass is 766 g/mol. The molecule has 0 N–H and O–H groups in total. The van der Waals surface area contributed by atoms with Crippen LogP contribution in [0.2, 0.25) is 0 Å². The molecule has 0 amide bonds. The summed E-state index contributed by atoms with van der Waals surface area (Å²) < 4.78 is 13.0. The zero-order valence-electron chi connectivity index (χ0n) is 31.9. The molecular weight excluding hydrogens is 737 g/mol. The topological polar surface area (TPSA) is 69.3 Å². The normalized spacial score (nSPS) is 11.7. The molecule has 0 aliphatic carbocycles. The van der Waals surface area contributed by atoms with E-state index < -0.39 is 0 Å². The van der Waals surface area contributed by atoms with Crippen LogP contribution in [0.4, 0.5) is 5.69 Å². The molecule has 0 aliphatic heterocycles. The number of nitrogens with zero attached hydrogens (tertiary/aromatic N) is 4. The molecule has 0 unspecified atom stereocenters. The summed E-state index contributed by atoms with van der Waals surface area (Å²) in [7, 11) is 0. The van der Waals surface area contributed by atoms with Crippen molar-refractivity contribution < 1.29 is 8.83 Å². The number of fused-ring (bicyclic) bond motifs is 11. The molecule has 0 bridgehead atoms. The minimum absolute atomic E-state index is 0.568. The van der Waals surface area contributed by atoms with E-state index in [0.29, 0.717) is 23.2 Å². The molecule has 3 heterocycles. The first-order valence-corrected chi connectivity index (χ1v) is 19.8. The lowest BCUT2D eigenvalue weighted by Crippen LogP contribution is -2.00. The highest BCUT2D eigenvalue weighted by Gasteiger charge is 2.19. The number of furan rings is 2. The van der Waals surface area contributed by atoms with Crippen LogP contribution in [0.3, 0.4) is 0 Å². The van der Waals surface area contributed by atoms with Crippen LogP contribution in [0.15, 0.2) is 191 Å². The van der Waals surface area contributed by atoms with E-state index in [4.69, 9.17) is 30.4 Å². The summed E-state index contributed by atoms with van der Waals surface area (Å²) in [5.74, 6) is 1.74.